The highest BCUT2D eigenvalue weighted by molar-refractivity contribution is 5.81. The summed E-state index contributed by atoms with van der Waals surface area (Å²) >= 11 is 0. The number of furan rings is 1. The van der Waals surface area contributed by atoms with E-state index in [1.54, 1.807) is 0 Å². The van der Waals surface area contributed by atoms with Gasteiger partial charge in [-0.3, -0.25) is 0 Å². The third-order valence-electron chi connectivity index (χ3n) is 3.94. The van der Waals surface area contributed by atoms with Crippen molar-refractivity contribution in [3.63, 3.8) is 0 Å². The number of nitrogens with one attached hydrogen (secondary N) is 1. The summed E-state index contributed by atoms with van der Waals surface area (Å²) < 4.78 is 5.65. The minimum Gasteiger partial charge on any atom is -0.464 e. The van der Waals surface area contributed by atoms with E-state index < -0.39 is 0 Å². The Balaban J connectivity index is 1.70. The average Bonchev–Trinajstić information content (AvgIpc) is 3.17. The molecular formula is C17H23NO. The molecule has 1 aromatic heterocycles. The van der Waals surface area contributed by atoms with Gasteiger partial charge in [0.15, 0.2) is 0 Å². The fourth-order valence-electron chi connectivity index (χ4n) is 2.56. The predicted molar refractivity (Wildman–Crippen MR) is 79.6 cm³/mol. The summed E-state index contributed by atoms with van der Waals surface area (Å²) in [6.07, 6.45) is 9.41. The number of hydrogen-bond acceptors (Lipinski definition) is 2. The van der Waals surface area contributed by atoms with Crippen molar-refractivity contribution in [1.82, 2.24) is 5.32 Å². The normalized spacial score (nSPS) is 15.2. The SMILES string of the molecule is CCCCc1ccc2occ(CCNC3CC3)c2c1. The lowest BCUT2D eigenvalue weighted by atomic mass is 10.0. The van der Waals surface area contributed by atoms with E-state index in [0.29, 0.717) is 0 Å². The molecule has 2 nitrogen and oxygen atoms in total. The molecule has 3 rings (SSSR count). The fraction of sp³-hybridized carbons (Fsp3) is 0.529. The topological polar surface area (TPSA) is 25.2 Å². The lowest BCUT2D eigenvalue weighted by Gasteiger charge is -2.03. The van der Waals surface area contributed by atoms with Crippen LogP contribution < -0.4 is 5.32 Å². The zero-order valence-electron chi connectivity index (χ0n) is 11.7. The van der Waals surface area contributed by atoms with Crippen LogP contribution in [-0.2, 0) is 12.8 Å². The Hall–Kier alpha value is -1.28. The van der Waals surface area contributed by atoms with Crippen molar-refractivity contribution >= 4 is 11.0 Å². The molecule has 0 amide bonds. The van der Waals surface area contributed by atoms with Crippen LogP contribution in [0.4, 0.5) is 0 Å². The Morgan fingerprint density at radius 1 is 1.26 bits per heavy atom. The van der Waals surface area contributed by atoms with Crippen molar-refractivity contribution in [2.45, 2.75) is 51.5 Å². The molecule has 1 fully saturated rings. The third kappa shape index (κ3) is 3.19. The van der Waals surface area contributed by atoms with Gasteiger partial charge < -0.3 is 9.73 Å². The first-order valence-electron chi connectivity index (χ1n) is 7.59. The largest absolute Gasteiger partial charge is 0.464 e. The molecule has 1 N–H and O–H groups in total. The lowest BCUT2D eigenvalue weighted by molar-refractivity contribution is 0.605. The molecule has 0 aliphatic heterocycles. The minimum absolute atomic E-state index is 0.790. The summed E-state index contributed by atoms with van der Waals surface area (Å²) in [5.74, 6) is 0. The van der Waals surface area contributed by atoms with Gasteiger partial charge in [-0.1, -0.05) is 19.4 Å². The number of fused-ring (bicyclic) bond motifs is 1. The molecule has 0 spiro atoms. The lowest BCUT2D eigenvalue weighted by Crippen LogP contribution is -2.19. The number of rotatable bonds is 7. The van der Waals surface area contributed by atoms with Crippen LogP contribution in [0.1, 0.15) is 43.7 Å². The van der Waals surface area contributed by atoms with Gasteiger partial charge in [0.2, 0.25) is 0 Å². The van der Waals surface area contributed by atoms with Gasteiger partial charge in [-0.2, -0.15) is 0 Å². The fourth-order valence-corrected chi connectivity index (χ4v) is 2.56. The first-order chi connectivity index (χ1) is 9.36. The highest BCUT2D eigenvalue weighted by Crippen LogP contribution is 2.24. The number of hydrogen-bond donors (Lipinski definition) is 1. The molecule has 1 saturated carbocycles. The van der Waals surface area contributed by atoms with Crippen molar-refractivity contribution in [2.75, 3.05) is 6.54 Å². The molecule has 2 heteroatoms. The van der Waals surface area contributed by atoms with E-state index in [0.717, 1.165) is 24.6 Å². The summed E-state index contributed by atoms with van der Waals surface area (Å²) in [6.45, 7) is 3.31. The van der Waals surface area contributed by atoms with Crippen LogP contribution in [0.2, 0.25) is 0 Å². The van der Waals surface area contributed by atoms with Crippen molar-refractivity contribution < 1.29 is 4.42 Å². The average molecular weight is 257 g/mol. The van der Waals surface area contributed by atoms with Gasteiger partial charge in [-0.05, 0) is 61.9 Å². The maximum Gasteiger partial charge on any atom is 0.134 e. The van der Waals surface area contributed by atoms with Crippen LogP contribution >= 0.6 is 0 Å². The molecule has 1 heterocycles. The zero-order chi connectivity index (χ0) is 13.1. The first kappa shape index (κ1) is 12.7. The van der Waals surface area contributed by atoms with Crippen molar-refractivity contribution in [3.8, 4) is 0 Å². The van der Waals surface area contributed by atoms with Gasteiger partial charge in [-0.15, -0.1) is 0 Å². The second-order valence-electron chi connectivity index (χ2n) is 5.67. The quantitative estimate of drug-likeness (QED) is 0.809. The van der Waals surface area contributed by atoms with Crippen molar-refractivity contribution in [3.05, 3.63) is 35.6 Å². The molecule has 1 aliphatic carbocycles. The molecule has 102 valence electrons. The molecule has 1 aliphatic rings. The minimum atomic E-state index is 0.790. The second kappa shape index (κ2) is 5.79. The molecule has 19 heavy (non-hydrogen) atoms. The molecule has 0 unspecified atom stereocenters. The summed E-state index contributed by atoms with van der Waals surface area (Å²) in [6, 6.07) is 7.44. The summed E-state index contributed by atoms with van der Waals surface area (Å²) in [5, 5.41) is 4.88. The van der Waals surface area contributed by atoms with E-state index in [2.05, 4.69) is 30.4 Å². The molecular weight excluding hydrogens is 234 g/mol. The van der Waals surface area contributed by atoms with Gasteiger partial charge in [0.1, 0.15) is 5.58 Å². The first-order valence-corrected chi connectivity index (χ1v) is 7.59. The molecule has 0 bridgehead atoms. The summed E-state index contributed by atoms with van der Waals surface area (Å²) in [7, 11) is 0. The van der Waals surface area contributed by atoms with E-state index >= 15 is 0 Å². The number of unbranched alkanes of at least 4 members (excludes halogenated alkanes) is 1. The summed E-state index contributed by atoms with van der Waals surface area (Å²) in [4.78, 5) is 0. The van der Waals surface area contributed by atoms with Gasteiger partial charge >= 0.3 is 0 Å². The molecule has 0 saturated heterocycles. The van der Waals surface area contributed by atoms with E-state index in [1.807, 2.05) is 6.26 Å². The smallest absolute Gasteiger partial charge is 0.134 e. The van der Waals surface area contributed by atoms with E-state index in [1.165, 1.54) is 48.6 Å². The Morgan fingerprint density at radius 2 is 2.16 bits per heavy atom. The van der Waals surface area contributed by atoms with E-state index in [9.17, 15) is 0 Å². The number of benzene rings is 1. The molecule has 1 aromatic carbocycles. The number of aryl methyl sites for hydroxylation is 1. The molecule has 0 atom stereocenters. The maximum atomic E-state index is 5.65. The van der Waals surface area contributed by atoms with Crippen LogP contribution in [0.3, 0.4) is 0 Å². The second-order valence-corrected chi connectivity index (χ2v) is 5.67. The Kier molecular flexibility index (Phi) is 3.88. The Morgan fingerprint density at radius 3 is 2.95 bits per heavy atom. The standard InChI is InChI=1S/C17H23NO/c1-2-3-4-13-5-8-17-16(11-13)14(12-19-17)9-10-18-15-6-7-15/h5,8,11-12,15,18H,2-4,6-7,9-10H2,1H3. The van der Waals surface area contributed by atoms with Gasteiger partial charge in [0.05, 0.1) is 6.26 Å². The summed E-state index contributed by atoms with van der Waals surface area (Å²) in [5.41, 5.74) is 3.82. The Labute approximate surface area is 115 Å². The maximum absolute atomic E-state index is 5.65. The molecule has 2 aromatic rings. The van der Waals surface area contributed by atoms with Gasteiger partial charge in [0.25, 0.3) is 0 Å². The predicted octanol–water partition coefficient (Wildman–Crippen LogP) is 4.07. The monoisotopic (exact) mass is 257 g/mol. The van der Waals surface area contributed by atoms with Crippen LogP contribution in [0.15, 0.2) is 28.9 Å². The van der Waals surface area contributed by atoms with Gasteiger partial charge in [-0.25, -0.2) is 0 Å². The highest BCUT2D eigenvalue weighted by Gasteiger charge is 2.19. The Bertz CT molecular complexity index is 539. The van der Waals surface area contributed by atoms with Crippen LogP contribution in [0.25, 0.3) is 11.0 Å². The zero-order valence-corrected chi connectivity index (χ0v) is 11.7. The highest BCUT2D eigenvalue weighted by atomic mass is 16.3. The molecule has 0 radical (unpaired) electrons. The van der Waals surface area contributed by atoms with Crippen LogP contribution in [0.5, 0.6) is 0 Å². The van der Waals surface area contributed by atoms with E-state index in [4.69, 9.17) is 4.42 Å². The van der Waals surface area contributed by atoms with Crippen molar-refractivity contribution in [2.24, 2.45) is 0 Å². The van der Waals surface area contributed by atoms with Crippen LogP contribution in [-0.4, -0.2) is 12.6 Å². The van der Waals surface area contributed by atoms with Crippen LogP contribution in [0, 0.1) is 0 Å². The van der Waals surface area contributed by atoms with E-state index in [-0.39, 0.29) is 0 Å². The van der Waals surface area contributed by atoms with Gasteiger partial charge in [0, 0.05) is 11.4 Å². The third-order valence-corrected chi connectivity index (χ3v) is 3.94. The van der Waals surface area contributed by atoms with Crippen molar-refractivity contribution in [1.29, 1.82) is 0 Å².